The van der Waals surface area contributed by atoms with E-state index in [0.717, 1.165) is 31.3 Å². The summed E-state index contributed by atoms with van der Waals surface area (Å²) >= 11 is 0. The summed E-state index contributed by atoms with van der Waals surface area (Å²) in [6, 6.07) is 0. The molecule has 1 aliphatic rings. The summed E-state index contributed by atoms with van der Waals surface area (Å²) in [6.07, 6.45) is 2.54. The smallest absolute Gasteiger partial charge is 0.193 e. The Labute approximate surface area is 109 Å². The van der Waals surface area contributed by atoms with E-state index in [2.05, 4.69) is 34.2 Å². The Bertz CT molecular complexity index is 440. The van der Waals surface area contributed by atoms with Crippen molar-refractivity contribution in [2.45, 2.75) is 33.2 Å². The van der Waals surface area contributed by atoms with Gasteiger partial charge in [0, 0.05) is 45.0 Å². The van der Waals surface area contributed by atoms with E-state index in [0.29, 0.717) is 0 Å². The van der Waals surface area contributed by atoms with Gasteiger partial charge in [-0.05, 0) is 26.7 Å². The third kappa shape index (κ3) is 2.49. The van der Waals surface area contributed by atoms with Gasteiger partial charge in [-0.2, -0.15) is 5.10 Å². The SMILES string of the molecule is CN=C(NCc1c(C)nn(C)c1C)N1CCCC1. The Balaban J connectivity index is 2.01. The summed E-state index contributed by atoms with van der Waals surface area (Å²) in [5.41, 5.74) is 3.59. The van der Waals surface area contributed by atoms with E-state index in [1.54, 1.807) is 0 Å². The van der Waals surface area contributed by atoms with Gasteiger partial charge >= 0.3 is 0 Å². The van der Waals surface area contributed by atoms with Gasteiger partial charge in [-0.25, -0.2) is 0 Å². The van der Waals surface area contributed by atoms with Gasteiger partial charge in [0.2, 0.25) is 0 Å². The first-order valence-corrected chi connectivity index (χ1v) is 6.58. The molecule has 1 aromatic rings. The number of guanidine groups is 1. The quantitative estimate of drug-likeness (QED) is 0.633. The molecule has 18 heavy (non-hydrogen) atoms. The van der Waals surface area contributed by atoms with E-state index < -0.39 is 0 Å². The third-order valence-corrected chi connectivity index (χ3v) is 3.70. The molecule has 1 aliphatic heterocycles. The third-order valence-electron chi connectivity index (χ3n) is 3.70. The van der Waals surface area contributed by atoms with Crippen molar-refractivity contribution >= 4 is 5.96 Å². The monoisotopic (exact) mass is 249 g/mol. The summed E-state index contributed by atoms with van der Waals surface area (Å²) in [5, 5.41) is 7.88. The number of nitrogens with zero attached hydrogens (tertiary/aromatic N) is 4. The number of aromatic nitrogens is 2. The Hall–Kier alpha value is -1.52. The van der Waals surface area contributed by atoms with Crippen molar-refractivity contribution in [3.05, 3.63) is 17.0 Å². The highest BCUT2D eigenvalue weighted by atomic mass is 15.3. The highest BCUT2D eigenvalue weighted by molar-refractivity contribution is 5.80. The molecule has 2 heterocycles. The zero-order chi connectivity index (χ0) is 13.1. The Kier molecular flexibility index (Phi) is 3.89. The molecule has 0 aromatic carbocycles. The molecular weight excluding hydrogens is 226 g/mol. The van der Waals surface area contributed by atoms with Crippen molar-refractivity contribution in [1.82, 2.24) is 20.0 Å². The highest BCUT2D eigenvalue weighted by Crippen LogP contribution is 2.12. The minimum Gasteiger partial charge on any atom is -0.352 e. The van der Waals surface area contributed by atoms with E-state index in [1.807, 2.05) is 18.8 Å². The van der Waals surface area contributed by atoms with Crippen molar-refractivity contribution in [2.24, 2.45) is 12.0 Å². The van der Waals surface area contributed by atoms with Gasteiger partial charge in [-0.3, -0.25) is 9.67 Å². The number of aryl methyl sites for hydroxylation is 2. The lowest BCUT2D eigenvalue weighted by atomic mass is 10.2. The van der Waals surface area contributed by atoms with Crippen molar-refractivity contribution in [3.8, 4) is 0 Å². The van der Waals surface area contributed by atoms with Gasteiger partial charge in [0.1, 0.15) is 0 Å². The van der Waals surface area contributed by atoms with Crippen LogP contribution in [0.5, 0.6) is 0 Å². The van der Waals surface area contributed by atoms with E-state index in [4.69, 9.17) is 0 Å². The molecule has 5 heteroatoms. The number of hydrogen-bond acceptors (Lipinski definition) is 2. The van der Waals surface area contributed by atoms with Crippen LogP contribution < -0.4 is 5.32 Å². The molecule has 1 saturated heterocycles. The molecule has 1 aromatic heterocycles. The first-order valence-electron chi connectivity index (χ1n) is 6.58. The molecule has 1 N–H and O–H groups in total. The minimum absolute atomic E-state index is 0.800. The number of hydrogen-bond donors (Lipinski definition) is 1. The molecule has 0 saturated carbocycles. The van der Waals surface area contributed by atoms with Crippen LogP contribution in [0.4, 0.5) is 0 Å². The number of nitrogens with one attached hydrogen (secondary N) is 1. The van der Waals surface area contributed by atoms with Crippen LogP contribution in [-0.2, 0) is 13.6 Å². The van der Waals surface area contributed by atoms with Crippen LogP contribution in [0.3, 0.4) is 0 Å². The molecule has 0 aliphatic carbocycles. The van der Waals surface area contributed by atoms with Crippen LogP contribution in [0.2, 0.25) is 0 Å². The molecule has 1 fully saturated rings. The van der Waals surface area contributed by atoms with Crippen LogP contribution in [0.15, 0.2) is 4.99 Å². The van der Waals surface area contributed by atoms with E-state index in [9.17, 15) is 0 Å². The second kappa shape index (κ2) is 5.42. The predicted molar refractivity (Wildman–Crippen MR) is 73.7 cm³/mol. The molecule has 0 amide bonds. The molecule has 0 bridgehead atoms. The molecule has 0 unspecified atom stereocenters. The Morgan fingerprint density at radius 1 is 1.33 bits per heavy atom. The number of likely N-dealkylation sites (tertiary alicyclic amines) is 1. The average molecular weight is 249 g/mol. The first-order chi connectivity index (χ1) is 8.63. The van der Waals surface area contributed by atoms with Gasteiger partial charge in [-0.1, -0.05) is 0 Å². The van der Waals surface area contributed by atoms with E-state index in [1.165, 1.54) is 24.1 Å². The molecule has 0 radical (unpaired) electrons. The molecule has 0 atom stereocenters. The fraction of sp³-hybridized carbons (Fsp3) is 0.692. The predicted octanol–water partition coefficient (Wildman–Crippen LogP) is 1.21. The lowest BCUT2D eigenvalue weighted by Gasteiger charge is -2.20. The van der Waals surface area contributed by atoms with Gasteiger partial charge in [0.15, 0.2) is 5.96 Å². The molecule has 2 rings (SSSR count). The summed E-state index contributed by atoms with van der Waals surface area (Å²) < 4.78 is 1.94. The van der Waals surface area contributed by atoms with Crippen molar-refractivity contribution < 1.29 is 0 Å². The lowest BCUT2D eigenvalue weighted by molar-refractivity contribution is 0.493. The number of aliphatic imine (C=N–C) groups is 1. The second-order valence-corrected chi connectivity index (χ2v) is 4.87. The van der Waals surface area contributed by atoms with Crippen LogP contribution in [0.25, 0.3) is 0 Å². The molecular formula is C13H23N5. The van der Waals surface area contributed by atoms with Crippen LogP contribution >= 0.6 is 0 Å². The summed E-state index contributed by atoms with van der Waals surface area (Å²) in [6.45, 7) is 7.20. The van der Waals surface area contributed by atoms with E-state index >= 15 is 0 Å². The van der Waals surface area contributed by atoms with Crippen LogP contribution in [0, 0.1) is 13.8 Å². The van der Waals surface area contributed by atoms with Gasteiger partial charge in [-0.15, -0.1) is 0 Å². The van der Waals surface area contributed by atoms with Crippen LogP contribution in [-0.4, -0.2) is 40.8 Å². The van der Waals surface area contributed by atoms with Crippen LogP contribution in [0.1, 0.15) is 29.8 Å². The summed E-state index contributed by atoms with van der Waals surface area (Å²) in [7, 11) is 3.84. The summed E-state index contributed by atoms with van der Waals surface area (Å²) in [4.78, 5) is 6.68. The first kappa shape index (κ1) is 12.9. The maximum Gasteiger partial charge on any atom is 0.193 e. The fourth-order valence-electron chi connectivity index (χ4n) is 2.50. The zero-order valence-corrected chi connectivity index (χ0v) is 11.8. The second-order valence-electron chi connectivity index (χ2n) is 4.87. The normalized spacial score (nSPS) is 16.4. The molecule has 5 nitrogen and oxygen atoms in total. The highest BCUT2D eigenvalue weighted by Gasteiger charge is 2.16. The zero-order valence-electron chi connectivity index (χ0n) is 11.8. The van der Waals surface area contributed by atoms with Crippen molar-refractivity contribution in [2.75, 3.05) is 20.1 Å². The Morgan fingerprint density at radius 3 is 2.50 bits per heavy atom. The van der Waals surface area contributed by atoms with Gasteiger partial charge < -0.3 is 10.2 Å². The van der Waals surface area contributed by atoms with E-state index in [-0.39, 0.29) is 0 Å². The summed E-state index contributed by atoms with van der Waals surface area (Å²) in [5.74, 6) is 1.01. The average Bonchev–Trinajstić information content (AvgIpc) is 2.94. The van der Waals surface area contributed by atoms with Gasteiger partial charge in [0.25, 0.3) is 0 Å². The van der Waals surface area contributed by atoms with Crippen molar-refractivity contribution in [3.63, 3.8) is 0 Å². The minimum atomic E-state index is 0.800. The molecule has 0 spiro atoms. The fourth-order valence-corrected chi connectivity index (χ4v) is 2.50. The number of rotatable bonds is 2. The maximum atomic E-state index is 4.44. The Morgan fingerprint density at radius 2 is 2.00 bits per heavy atom. The standard InChI is InChI=1S/C13H23N5/c1-10-12(11(2)17(4)16-10)9-15-13(14-3)18-7-5-6-8-18/h5-9H2,1-4H3,(H,14,15). The van der Waals surface area contributed by atoms with Crippen molar-refractivity contribution in [1.29, 1.82) is 0 Å². The topological polar surface area (TPSA) is 45.5 Å². The maximum absolute atomic E-state index is 4.44. The van der Waals surface area contributed by atoms with Gasteiger partial charge in [0.05, 0.1) is 5.69 Å². The lowest BCUT2D eigenvalue weighted by Crippen LogP contribution is -2.39. The molecule has 100 valence electrons. The largest absolute Gasteiger partial charge is 0.352 e.